The zero-order valence-electron chi connectivity index (χ0n) is 10.9. The van der Waals surface area contributed by atoms with Gasteiger partial charge < -0.3 is 10.6 Å². The number of carbonyl (C=O) groups is 1. The van der Waals surface area contributed by atoms with Gasteiger partial charge >= 0.3 is 0 Å². The second-order valence-corrected chi connectivity index (χ2v) is 4.71. The second-order valence-electron chi connectivity index (χ2n) is 4.27. The first-order valence-corrected chi connectivity index (χ1v) is 6.53. The summed E-state index contributed by atoms with van der Waals surface area (Å²) in [5.41, 5.74) is 6.64. The maximum Gasteiger partial charge on any atom is 0.258 e. The lowest BCUT2D eigenvalue weighted by atomic mass is 10.1. The Morgan fingerprint density at radius 2 is 2.00 bits per heavy atom. The number of carbonyl (C=O) groups excluding carboxylic acids is 1. The average Bonchev–Trinajstić information content (AvgIpc) is 2.40. The highest BCUT2D eigenvalue weighted by molar-refractivity contribution is 6.31. The molecular weight excluding hydrogens is 279 g/mol. The number of hydrogen-bond donors (Lipinski definition) is 1. The van der Waals surface area contributed by atoms with Gasteiger partial charge in [0.2, 0.25) is 0 Å². The van der Waals surface area contributed by atoms with Crippen LogP contribution in [0.1, 0.15) is 17.3 Å². The average molecular weight is 293 g/mol. The smallest absolute Gasteiger partial charge is 0.258 e. The fourth-order valence-corrected chi connectivity index (χ4v) is 2.23. The molecule has 2 rings (SSSR count). The molecule has 0 fully saturated rings. The van der Waals surface area contributed by atoms with Crippen LogP contribution in [0.5, 0.6) is 0 Å². The molecule has 0 bridgehead atoms. The summed E-state index contributed by atoms with van der Waals surface area (Å²) in [7, 11) is 0. The molecule has 1 amide bonds. The van der Waals surface area contributed by atoms with Gasteiger partial charge in [-0.25, -0.2) is 4.39 Å². The summed E-state index contributed by atoms with van der Waals surface area (Å²) in [4.78, 5) is 13.8. The topological polar surface area (TPSA) is 46.3 Å². The molecule has 0 unspecified atom stereocenters. The number of nitrogens with zero attached hydrogens (tertiary/aromatic N) is 1. The molecule has 2 N–H and O–H groups in total. The van der Waals surface area contributed by atoms with Crippen molar-refractivity contribution in [1.29, 1.82) is 0 Å². The molecule has 104 valence electrons. The molecule has 2 aromatic carbocycles. The predicted molar refractivity (Wildman–Crippen MR) is 79.6 cm³/mol. The fourth-order valence-electron chi connectivity index (χ4n) is 1.99. The van der Waals surface area contributed by atoms with E-state index >= 15 is 0 Å². The molecule has 0 aliphatic heterocycles. The standard InChI is InChI=1S/C15H14ClFN2O/c1-2-19(14-6-4-3-5-13(14)17)15(20)10-7-11(16)9-12(18)8-10/h3-9H,2,18H2,1H3. The Balaban J connectivity index is 2.42. The molecule has 0 aliphatic rings. The van der Waals surface area contributed by atoms with Crippen molar-refractivity contribution >= 4 is 28.9 Å². The van der Waals surface area contributed by atoms with Crippen molar-refractivity contribution in [3.63, 3.8) is 0 Å². The maximum absolute atomic E-state index is 13.8. The molecule has 2 aromatic rings. The maximum atomic E-state index is 13.8. The summed E-state index contributed by atoms with van der Waals surface area (Å²) in [5, 5.41) is 0.373. The van der Waals surface area contributed by atoms with E-state index in [1.165, 1.54) is 23.1 Å². The molecule has 20 heavy (non-hydrogen) atoms. The molecule has 0 spiro atoms. The zero-order valence-corrected chi connectivity index (χ0v) is 11.7. The number of halogens is 2. The lowest BCUT2D eigenvalue weighted by Gasteiger charge is -2.21. The summed E-state index contributed by atoms with van der Waals surface area (Å²) < 4.78 is 13.8. The van der Waals surface area contributed by atoms with Crippen LogP contribution in [0.25, 0.3) is 0 Å². The van der Waals surface area contributed by atoms with E-state index in [-0.39, 0.29) is 11.6 Å². The Kier molecular flexibility index (Phi) is 4.25. The quantitative estimate of drug-likeness (QED) is 0.876. The number of nitrogen functional groups attached to an aromatic ring is 1. The zero-order chi connectivity index (χ0) is 14.7. The number of rotatable bonds is 3. The van der Waals surface area contributed by atoms with Crippen LogP contribution in [-0.4, -0.2) is 12.5 Å². The van der Waals surface area contributed by atoms with E-state index in [1.54, 1.807) is 31.2 Å². The van der Waals surface area contributed by atoms with Gasteiger partial charge in [-0.15, -0.1) is 0 Å². The molecule has 0 saturated carbocycles. The van der Waals surface area contributed by atoms with Gasteiger partial charge in [-0.2, -0.15) is 0 Å². The SMILES string of the molecule is CCN(C(=O)c1cc(N)cc(Cl)c1)c1ccccc1F. The first-order valence-electron chi connectivity index (χ1n) is 6.15. The van der Waals surface area contributed by atoms with Crippen LogP contribution in [0.2, 0.25) is 5.02 Å². The van der Waals surface area contributed by atoms with E-state index in [4.69, 9.17) is 17.3 Å². The third-order valence-electron chi connectivity index (χ3n) is 2.87. The first kappa shape index (κ1) is 14.3. The van der Waals surface area contributed by atoms with Crippen LogP contribution < -0.4 is 10.6 Å². The van der Waals surface area contributed by atoms with E-state index in [0.29, 0.717) is 22.8 Å². The molecular formula is C15H14ClFN2O. The van der Waals surface area contributed by atoms with E-state index < -0.39 is 5.82 Å². The Hall–Kier alpha value is -2.07. The molecule has 0 atom stereocenters. The van der Waals surface area contributed by atoms with E-state index in [1.807, 2.05) is 0 Å². The number of hydrogen-bond acceptors (Lipinski definition) is 2. The molecule has 3 nitrogen and oxygen atoms in total. The van der Waals surface area contributed by atoms with Crippen molar-refractivity contribution < 1.29 is 9.18 Å². The molecule has 5 heteroatoms. The van der Waals surface area contributed by atoms with Gasteiger partial charge in [-0.1, -0.05) is 23.7 Å². The lowest BCUT2D eigenvalue weighted by molar-refractivity contribution is 0.0987. The Labute approximate surface area is 121 Å². The molecule has 0 radical (unpaired) electrons. The van der Waals surface area contributed by atoms with E-state index in [9.17, 15) is 9.18 Å². The normalized spacial score (nSPS) is 10.3. The summed E-state index contributed by atoms with van der Waals surface area (Å²) in [6, 6.07) is 10.7. The highest BCUT2D eigenvalue weighted by atomic mass is 35.5. The highest BCUT2D eigenvalue weighted by Gasteiger charge is 2.19. The minimum absolute atomic E-state index is 0.235. The first-order chi connectivity index (χ1) is 9.52. The van der Waals surface area contributed by atoms with Crippen LogP contribution in [0.3, 0.4) is 0 Å². The number of anilines is 2. The van der Waals surface area contributed by atoms with Crippen LogP contribution in [-0.2, 0) is 0 Å². The number of amides is 1. The Morgan fingerprint density at radius 3 is 2.60 bits per heavy atom. The van der Waals surface area contributed by atoms with Crippen molar-refractivity contribution in [3.05, 3.63) is 58.9 Å². The second kappa shape index (κ2) is 5.92. The molecule has 0 aromatic heterocycles. The monoisotopic (exact) mass is 292 g/mol. The van der Waals surface area contributed by atoms with Crippen molar-refractivity contribution in [1.82, 2.24) is 0 Å². The van der Waals surface area contributed by atoms with Crippen molar-refractivity contribution in [2.45, 2.75) is 6.92 Å². The van der Waals surface area contributed by atoms with Gasteiger partial charge in [0.05, 0.1) is 5.69 Å². The third-order valence-corrected chi connectivity index (χ3v) is 3.09. The van der Waals surface area contributed by atoms with Crippen molar-refractivity contribution in [2.75, 3.05) is 17.2 Å². The van der Waals surface area contributed by atoms with Gasteiger partial charge in [0.1, 0.15) is 5.82 Å². The van der Waals surface area contributed by atoms with Gasteiger partial charge in [-0.05, 0) is 37.3 Å². The van der Waals surface area contributed by atoms with E-state index in [0.717, 1.165) is 0 Å². The largest absolute Gasteiger partial charge is 0.399 e. The number of benzene rings is 2. The van der Waals surface area contributed by atoms with Gasteiger partial charge in [0.15, 0.2) is 0 Å². The lowest BCUT2D eigenvalue weighted by Crippen LogP contribution is -2.31. The minimum Gasteiger partial charge on any atom is -0.399 e. The molecule has 0 saturated heterocycles. The van der Waals surface area contributed by atoms with Gasteiger partial charge in [0.25, 0.3) is 5.91 Å². The Morgan fingerprint density at radius 1 is 1.30 bits per heavy atom. The number of nitrogens with two attached hydrogens (primary N) is 1. The number of para-hydroxylation sites is 1. The van der Waals surface area contributed by atoms with Gasteiger partial charge in [-0.3, -0.25) is 4.79 Å². The Bertz CT molecular complexity index is 625. The summed E-state index contributed by atoms with van der Waals surface area (Å²) in [6.07, 6.45) is 0. The van der Waals surface area contributed by atoms with Crippen LogP contribution >= 0.6 is 11.6 Å². The van der Waals surface area contributed by atoms with E-state index in [2.05, 4.69) is 0 Å². The fraction of sp³-hybridized carbons (Fsp3) is 0.133. The van der Waals surface area contributed by atoms with Crippen molar-refractivity contribution in [2.24, 2.45) is 0 Å². The van der Waals surface area contributed by atoms with Gasteiger partial charge in [0, 0.05) is 22.8 Å². The molecule has 0 heterocycles. The third kappa shape index (κ3) is 2.91. The van der Waals surface area contributed by atoms with Crippen LogP contribution in [0, 0.1) is 5.82 Å². The minimum atomic E-state index is -0.447. The van der Waals surface area contributed by atoms with Crippen LogP contribution in [0.4, 0.5) is 15.8 Å². The summed E-state index contributed by atoms with van der Waals surface area (Å²) >= 11 is 5.89. The highest BCUT2D eigenvalue weighted by Crippen LogP contribution is 2.23. The summed E-state index contributed by atoms with van der Waals surface area (Å²) in [6.45, 7) is 2.12. The van der Waals surface area contributed by atoms with Crippen molar-refractivity contribution in [3.8, 4) is 0 Å². The van der Waals surface area contributed by atoms with Crippen LogP contribution in [0.15, 0.2) is 42.5 Å². The predicted octanol–water partition coefficient (Wildman–Crippen LogP) is 3.73. The molecule has 0 aliphatic carbocycles. The summed E-state index contributed by atoms with van der Waals surface area (Å²) in [5.74, 6) is -0.787.